The molecule has 0 amide bonds. The van der Waals surface area contributed by atoms with Gasteiger partial charge in [0.1, 0.15) is 21.9 Å². The Kier molecular flexibility index (Phi) is 3.08. The Morgan fingerprint density at radius 1 is 1.25 bits per heavy atom. The van der Waals surface area contributed by atoms with Crippen molar-refractivity contribution < 1.29 is 8.60 Å². The zero-order valence-electron chi connectivity index (χ0n) is 10.3. The van der Waals surface area contributed by atoms with Crippen LogP contribution in [0.4, 0.5) is 10.1 Å². The lowest BCUT2D eigenvalue weighted by atomic mass is 10.1. The molecule has 0 bridgehead atoms. The molecule has 20 heavy (non-hydrogen) atoms. The van der Waals surface area contributed by atoms with Crippen molar-refractivity contribution in [3.8, 4) is 0 Å². The van der Waals surface area contributed by atoms with Crippen molar-refractivity contribution in [3.63, 3.8) is 0 Å². The van der Waals surface area contributed by atoms with Gasteiger partial charge in [-0.2, -0.15) is 0 Å². The van der Waals surface area contributed by atoms with E-state index in [1.807, 2.05) is 24.3 Å². The van der Waals surface area contributed by atoms with E-state index in [-0.39, 0.29) is 16.1 Å². The molecule has 0 aliphatic carbocycles. The number of rotatable bonds is 2. The van der Waals surface area contributed by atoms with Crippen LogP contribution in [0.5, 0.6) is 0 Å². The number of anilines is 1. The fourth-order valence-electron chi connectivity index (χ4n) is 2.00. The molecule has 0 saturated heterocycles. The number of aromatic amines is 1. The van der Waals surface area contributed by atoms with Crippen LogP contribution in [0.25, 0.3) is 11.0 Å². The van der Waals surface area contributed by atoms with Gasteiger partial charge in [0.15, 0.2) is 5.82 Å². The topological polar surface area (TPSA) is 71.8 Å². The van der Waals surface area contributed by atoms with Gasteiger partial charge in [-0.1, -0.05) is 12.1 Å². The summed E-state index contributed by atoms with van der Waals surface area (Å²) in [5.41, 5.74) is 8.05. The van der Waals surface area contributed by atoms with Crippen LogP contribution in [0.2, 0.25) is 0 Å². The van der Waals surface area contributed by atoms with Crippen molar-refractivity contribution in [2.45, 2.75) is 0 Å². The molecule has 3 rings (SSSR count). The number of hydrogen-bond donors (Lipinski definition) is 2. The Hall–Kier alpha value is -2.47. The van der Waals surface area contributed by atoms with Crippen molar-refractivity contribution >= 4 is 32.8 Å². The Bertz CT molecular complexity index is 820. The van der Waals surface area contributed by atoms with Crippen molar-refractivity contribution in [1.82, 2.24) is 9.97 Å². The van der Waals surface area contributed by atoms with Gasteiger partial charge < -0.3 is 10.7 Å². The molecule has 2 aromatic carbocycles. The number of benzene rings is 2. The predicted molar refractivity (Wildman–Crippen MR) is 78.3 cm³/mol. The second-order valence-corrected chi connectivity index (χ2v) is 4.82. The van der Waals surface area contributed by atoms with Gasteiger partial charge in [0.25, 0.3) is 0 Å². The molecule has 1 aromatic heterocycles. The molecule has 0 aliphatic heterocycles. The van der Waals surface area contributed by atoms with Gasteiger partial charge in [-0.15, -0.1) is 0 Å². The van der Waals surface area contributed by atoms with E-state index in [9.17, 15) is 8.60 Å². The summed E-state index contributed by atoms with van der Waals surface area (Å²) in [7, 11) is 0. The lowest BCUT2D eigenvalue weighted by molar-refractivity contribution is 0.628. The summed E-state index contributed by atoms with van der Waals surface area (Å²) in [5.74, 6) is -0.0552. The van der Waals surface area contributed by atoms with Crippen LogP contribution in [0.1, 0.15) is 11.4 Å². The second kappa shape index (κ2) is 4.90. The minimum Gasteiger partial charge on any atom is -0.398 e. The molecule has 1 heterocycles. The molecule has 0 unspecified atom stereocenters. The maximum Gasteiger partial charge on any atom is 0.152 e. The molecule has 4 nitrogen and oxygen atoms in total. The molecule has 0 atom stereocenters. The Morgan fingerprint density at radius 2 is 2.05 bits per heavy atom. The first kappa shape index (κ1) is 12.6. The van der Waals surface area contributed by atoms with Crippen molar-refractivity contribution in [1.29, 1.82) is 0 Å². The second-order valence-electron chi connectivity index (χ2n) is 4.25. The van der Waals surface area contributed by atoms with E-state index in [4.69, 9.17) is 5.73 Å². The molecule has 100 valence electrons. The minimum atomic E-state index is -0.447. The van der Waals surface area contributed by atoms with Gasteiger partial charge in [-0.3, -0.25) is 0 Å². The monoisotopic (exact) mass is 287 g/mol. The number of para-hydroxylation sites is 2. The van der Waals surface area contributed by atoms with Gasteiger partial charge in [-0.05, 0) is 30.3 Å². The number of nitrogen functional groups attached to an aromatic ring is 1. The summed E-state index contributed by atoms with van der Waals surface area (Å²) in [6.07, 6.45) is 0. The highest BCUT2D eigenvalue weighted by Crippen LogP contribution is 2.19. The summed E-state index contributed by atoms with van der Waals surface area (Å²) in [5, 5.41) is 0. The number of H-pyrrole nitrogens is 1. The Labute approximate surface area is 117 Å². The third-order valence-corrected chi connectivity index (χ3v) is 3.53. The Morgan fingerprint density at radius 3 is 2.80 bits per heavy atom. The summed E-state index contributed by atoms with van der Waals surface area (Å²) in [6.45, 7) is 0. The van der Waals surface area contributed by atoms with E-state index in [2.05, 4.69) is 9.97 Å². The van der Waals surface area contributed by atoms with Crippen LogP contribution in [-0.4, -0.2) is 19.0 Å². The number of halogens is 1. The zero-order valence-corrected chi connectivity index (χ0v) is 11.1. The van der Waals surface area contributed by atoms with E-state index in [0.29, 0.717) is 17.1 Å². The fraction of sp³-hybridized carbons (Fsp3) is 0. The van der Waals surface area contributed by atoms with E-state index in [0.717, 1.165) is 11.0 Å². The zero-order chi connectivity index (χ0) is 14.1. The van der Waals surface area contributed by atoms with Crippen LogP contribution in [0.3, 0.4) is 0 Å². The molecule has 0 fully saturated rings. The van der Waals surface area contributed by atoms with E-state index in [1.165, 1.54) is 18.2 Å². The van der Waals surface area contributed by atoms with Crippen LogP contribution in [0.15, 0.2) is 42.5 Å². The molecule has 0 spiro atoms. The molecule has 0 aliphatic rings. The highest BCUT2D eigenvalue weighted by Gasteiger charge is 2.15. The summed E-state index contributed by atoms with van der Waals surface area (Å²) < 4.78 is 24.8. The predicted octanol–water partition coefficient (Wildman–Crippen LogP) is 2.07. The standard InChI is InChI=1S/C14H10FN3OS/c15-8-5-6-10(16)9(7-8)13(20-19)14-17-11-3-1-2-4-12(11)18-14/h1-7H,16H2,(H,17,18). The molecule has 0 radical (unpaired) electrons. The summed E-state index contributed by atoms with van der Waals surface area (Å²) in [4.78, 5) is 7.66. The largest absolute Gasteiger partial charge is 0.398 e. The number of nitrogens with one attached hydrogen (secondary N) is 1. The highest BCUT2D eigenvalue weighted by molar-refractivity contribution is 7.67. The van der Waals surface area contributed by atoms with Gasteiger partial charge in [0, 0.05) is 11.3 Å². The third kappa shape index (κ3) is 2.10. The highest BCUT2D eigenvalue weighted by atomic mass is 32.1. The number of imidazole rings is 1. The number of aromatic nitrogens is 2. The van der Waals surface area contributed by atoms with Gasteiger partial charge >= 0.3 is 0 Å². The lowest BCUT2D eigenvalue weighted by Gasteiger charge is -2.04. The minimum absolute atomic E-state index is 0.240. The average Bonchev–Trinajstić information content (AvgIpc) is 2.87. The van der Waals surface area contributed by atoms with Gasteiger partial charge in [-0.25, -0.2) is 13.6 Å². The lowest BCUT2D eigenvalue weighted by Crippen LogP contribution is -2.09. The van der Waals surface area contributed by atoms with Crippen molar-refractivity contribution in [2.24, 2.45) is 0 Å². The first-order valence-electron chi connectivity index (χ1n) is 5.86. The number of nitrogens with two attached hydrogens (primary N) is 1. The molecule has 3 N–H and O–H groups in total. The van der Waals surface area contributed by atoms with E-state index >= 15 is 0 Å². The molecule has 6 heteroatoms. The van der Waals surface area contributed by atoms with Crippen molar-refractivity contribution in [2.75, 3.05) is 5.73 Å². The fourth-order valence-corrected chi connectivity index (χ4v) is 2.44. The number of nitrogens with zero attached hydrogens (tertiary/aromatic N) is 1. The van der Waals surface area contributed by atoms with E-state index in [1.54, 1.807) is 0 Å². The van der Waals surface area contributed by atoms with Gasteiger partial charge in [0.05, 0.1) is 11.0 Å². The Balaban J connectivity index is 2.19. The van der Waals surface area contributed by atoms with Crippen LogP contribution < -0.4 is 5.73 Å². The summed E-state index contributed by atoms with van der Waals surface area (Å²) >= 11 is 0.240. The SMILES string of the molecule is Nc1ccc(F)cc1C(=S=O)c1nc2ccccc2[nH]1. The number of hydrogen-bond acceptors (Lipinski definition) is 3. The average molecular weight is 287 g/mol. The first-order chi connectivity index (χ1) is 9.69. The third-order valence-electron chi connectivity index (χ3n) is 2.95. The van der Waals surface area contributed by atoms with Crippen LogP contribution in [0, 0.1) is 5.82 Å². The quantitative estimate of drug-likeness (QED) is 0.430. The van der Waals surface area contributed by atoms with E-state index < -0.39 is 5.82 Å². The molecular weight excluding hydrogens is 277 g/mol. The molecule has 3 aromatic rings. The smallest absolute Gasteiger partial charge is 0.152 e. The molecular formula is C14H10FN3OS. The van der Waals surface area contributed by atoms with Crippen LogP contribution in [-0.2, 0) is 11.3 Å². The first-order valence-corrected chi connectivity index (χ1v) is 6.60. The van der Waals surface area contributed by atoms with Crippen molar-refractivity contribution in [3.05, 3.63) is 59.7 Å². The normalized spacial score (nSPS) is 10.7. The van der Waals surface area contributed by atoms with Crippen LogP contribution >= 0.6 is 0 Å². The molecule has 0 saturated carbocycles. The maximum absolute atomic E-state index is 13.4. The maximum atomic E-state index is 13.4. The number of fused-ring (bicyclic) bond motifs is 1. The van der Waals surface area contributed by atoms with Gasteiger partial charge in [0.2, 0.25) is 0 Å². The summed E-state index contributed by atoms with van der Waals surface area (Å²) in [6, 6.07) is 11.3.